The first-order valence-corrected chi connectivity index (χ1v) is 8.87. The zero-order valence-corrected chi connectivity index (χ0v) is 15.3. The third kappa shape index (κ3) is 4.09. The minimum atomic E-state index is -0.0757. The highest BCUT2D eigenvalue weighted by Gasteiger charge is 2.08. The maximum Gasteiger partial charge on any atom is 0.221 e. The molecular weight excluding hydrogens is 336 g/mol. The number of nitrogens with zero attached hydrogens (tertiary/aromatic N) is 1. The summed E-state index contributed by atoms with van der Waals surface area (Å²) in [7, 11) is 1.65. The summed E-state index contributed by atoms with van der Waals surface area (Å²) >= 11 is 1.59. The molecule has 0 saturated heterocycles. The number of hydrogen-bond donors (Lipinski definition) is 1. The summed E-state index contributed by atoms with van der Waals surface area (Å²) in [6.07, 6.45) is 0.813. The van der Waals surface area contributed by atoms with Gasteiger partial charge in [-0.2, -0.15) is 0 Å². The van der Waals surface area contributed by atoms with Crippen molar-refractivity contribution in [2.75, 3.05) is 12.4 Å². The Morgan fingerprint density at radius 1 is 1.20 bits per heavy atom. The van der Waals surface area contributed by atoms with Gasteiger partial charge in [-0.15, -0.1) is 11.3 Å². The predicted octanol–water partition coefficient (Wildman–Crippen LogP) is 4.40. The Bertz CT molecular complexity index is 905. The maximum absolute atomic E-state index is 11.2. The van der Waals surface area contributed by atoms with Crippen LogP contribution in [-0.2, 0) is 17.8 Å². The third-order valence-electron chi connectivity index (χ3n) is 3.77. The van der Waals surface area contributed by atoms with E-state index < -0.39 is 0 Å². The quantitative estimate of drug-likeness (QED) is 0.711. The molecule has 0 aliphatic rings. The van der Waals surface area contributed by atoms with E-state index in [0.29, 0.717) is 6.61 Å². The van der Waals surface area contributed by atoms with Crippen LogP contribution in [0.1, 0.15) is 24.4 Å². The standard InChI is InChI=1S/C19H20N2O3S/c1-4-13-9-15(6-7-16(13)20-12(2)22)24-11-19-21-17-8-5-14(23-3)10-18(17)25-19/h5-10H,4,11H2,1-3H3,(H,20,22). The summed E-state index contributed by atoms with van der Waals surface area (Å²) in [5.41, 5.74) is 2.82. The number of ether oxygens (including phenoxy) is 2. The Morgan fingerprint density at radius 2 is 2.00 bits per heavy atom. The van der Waals surface area contributed by atoms with E-state index in [1.54, 1.807) is 18.4 Å². The number of rotatable bonds is 6. The van der Waals surface area contributed by atoms with Gasteiger partial charge in [-0.25, -0.2) is 4.98 Å². The van der Waals surface area contributed by atoms with Crippen LogP contribution in [0.25, 0.3) is 10.2 Å². The molecule has 1 N–H and O–H groups in total. The zero-order chi connectivity index (χ0) is 17.8. The van der Waals surface area contributed by atoms with Crippen molar-refractivity contribution < 1.29 is 14.3 Å². The second kappa shape index (κ2) is 7.53. The highest BCUT2D eigenvalue weighted by atomic mass is 32.1. The molecule has 0 fully saturated rings. The molecule has 0 saturated carbocycles. The van der Waals surface area contributed by atoms with Crippen LogP contribution < -0.4 is 14.8 Å². The van der Waals surface area contributed by atoms with Gasteiger partial charge in [0.25, 0.3) is 0 Å². The molecule has 5 nitrogen and oxygen atoms in total. The van der Waals surface area contributed by atoms with Crippen molar-refractivity contribution >= 4 is 33.1 Å². The number of methoxy groups -OCH3 is 1. The first kappa shape index (κ1) is 17.2. The van der Waals surface area contributed by atoms with Gasteiger partial charge in [-0.05, 0) is 48.4 Å². The van der Waals surface area contributed by atoms with Crippen molar-refractivity contribution in [2.24, 2.45) is 0 Å². The van der Waals surface area contributed by atoms with Crippen LogP contribution in [0.2, 0.25) is 0 Å². The van der Waals surface area contributed by atoms with Gasteiger partial charge in [0.1, 0.15) is 23.1 Å². The van der Waals surface area contributed by atoms with E-state index in [1.807, 2.05) is 43.3 Å². The molecule has 0 aliphatic heterocycles. The molecule has 0 bridgehead atoms. The largest absolute Gasteiger partial charge is 0.497 e. The lowest BCUT2D eigenvalue weighted by Gasteiger charge is -2.11. The van der Waals surface area contributed by atoms with E-state index in [4.69, 9.17) is 9.47 Å². The fraction of sp³-hybridized carbons (Fsp3) is 0.263. The molecule has 0 spiro atoms. The lowest BCUT2D eigenvalue weighted by atomic mass is 10.1. The summed E-state index contributed by atoms with van der Waals surface area (Å²) in [5.74, 6) is 1.51. The average Bonchev–Trinajstić information content (AvgIpc) is 3.02. The molecule has 0 radical (unpaired) electrons. The van der Waals surface area contributed by atoms with Crippen LogP contribution in [-0.4, -0.2) is 18.0 Å². The number of aryl methyl sites for hydroxylation is 1. The van der Waals surface area contributed by atoms with Gasteiger partial charge in [0.05, 0.1) is 17.3 Å². The number of nitrogens with one attached hydrogen (secondary N) is 1. The Kier molecular flexibility index (Phi) is 5.19. The van der Waals surface area contributed by atoms with E-state index in [9.17, 15) is 4.79 Å². The third-order valence-corrected chi connectivity index (χ3v) is 4.76. The monoisotopic (exact) mass is 356 g/mol. The van der Waals surface area contributed by atoms with Crippen molar-refractivity contribution in [3.8, 4) is 11.5 Å². The lowest BCUT2D eigenvalue weighted by Crippen LogP contribution is -2.08. The Morgan fingerprint density at radius 3 is 2.72 bits per heavy atom. The number of aromatic nitrogens is 1. The molecule has 130 valence electrons. The number of thiazole rings is 1. The molecule has 6 heteroatoms. The molecule has 25 heavy (non-hydrogen) atoms. The average molecular weight is 356 g/mol. The minimum absolute atomic E-state index is 0.0757. The normalized spacial score (nSPS) is 10.7. The van der Waals surface area contributed by atoms with E-state index in [1.165, 1.54) is 6.92 Å². The van der Waals surface area contributed by atoms with Crippen LogP contribution in [0.15, 0.2) is 36.4 Å². The number of fused-ring (bicyclic) bond motifs is 1. The summed E-state index contributed by atoms with van der Waals surface area (Å²) in [5, 5.41) is 3.75. The van der Waals surface area contributed by atoms with Gasteiger partial charge in [0, 0.05) is 12.6 Å². The summed E-state index contributed by atoms with van der Waals surface area (Å²) < 4.78 is 12.2. The second-order valence-electron chi connectivity index (χ2n) is 5.58. The molecule has 2 aromatic carbocycles. The predicted molar refractivity (Wildman–Crippen MR) is 101 cm³/mol. The molecule has 1 heterocycles. The lowest BCUT2D eigenvalue weighted by molar-refractivity contribution is -0.114. The molecule has 3 rings (SSSR count). The van der Waals surface area contributed by atoms with Crippen LogP contribution >= 0.6 is 11.3 Å². The number of carbonyl (C=O) groups excluding carboxylic acids is 1. The molecular formula is C19H20N2O3S. The van der Waals surface area contributed by atoms with Crippen LogP contribution in [0, 0.1) is 0 Å². The molecule has 0 unspecified atom stereocenters. The first-order valence-electron chi connectivity index (χ1n) is 8.06. The molecule has 0 atom stereocenters. The summed E-state index contributed by atoms with van der Waals surface area (Å²) in [6.45, 7) is 3.96. The fourth-order valence-electron chi connectivity index (χ4n) is 2.55. The van der Waals surface area contributed by atoms with E-state index >= 15 is 0 Å². The first-order chi connectivity index (χ1) is 12.1. The van der Waals surface area contributed by atoms with Gasteiger partial charge in [0.15, 0.2) is 0 Å². The van der Waals surface area contributed by atoms with Gasteiger partial charge in [-0.3, -0.25) is 4.79 Å². The minimum Gasteiger partial charge on any atom is -0.497 e. The van der Waals surface area contributed by atoms with Crippen molar-refractivity contribution in [1.82, 2.24) is 4.98 Å². The number of hydrogen-bond acceptors (Lipinski definition) is 5. The number of amides is 1. The Labute approximate surface area is 150 Å². The van der Waals surface area contributed by atoms with Crippen LogP contribution in [0.5, 0.6) is 11.5 Å². The molecule has 1 aromatic heterocycles. The smallest absolute Gasteiger partial charge is 0.221 e. The summed E-state index contributed by atoms with van der Waals surface area (Å²) in [6, 6.07) is 11.5. The number of benzene rings is 2. The van der Waals surface area contributed by atoms with Crippen molar-refractivity contribution in [2.45, 2.75) is 26.9 Å². The van der Waals surface area contributed by atoms with Crippen molar-refractivity contribution in [3.63, 3.8) is 0 Å². The molecule has 3 aromatic rings. The number of anilines is 1. The second-order valence-corrected chi connectivity index (χ2v) is 6.70. The van der Waals surface area contributed by atoms with Gasteiger partial charge < -0.3 is 14.8 Å². The van der Waals surface area contributed by atoms with Gasteiger partial charge >= 0.3 is 0 Å². The molecule has 1 amide bonds. The zero-order valence-electron chi connectivity index (χ0n) is 14.5. The Balaban J connectivity index is 1.73. The van der Waals surface area contributed by atoms with Crippen molar-refractivity contribution in [3.05, 3.63) is 47.0 Å². The number of carbonyl (C=O) groups is 1. The van der Waals surface area contributed by atoms with Crippen LogP contribution in [0.4, 0.5) is 5.69 Å². The van der Waals surface area contributed by atoms with Gasteiger partial charge in [-0.1, -0.05) is 6.92 Å². The van der Waals surface area contributed by atoms with Crippen molar-refractivity contribution in [1.29, 1.82) is 0 Å². The summed E-state index contributed by atoms with van der Waals surface area (Å²) in [4.78, 5) is 15.8. The highest BCUT2D eigenvalue weighted by molar-refractivity contribution is 7.18. The molecule has 0 aliphatic carbocycles. The SMILES string of the molecule is CCc1cc(OCc2nc3ccc(OC)cc3s2)ccc1NC(C)=O. The topological polar surface area (TPSA) is 60.5 Å². The highest BCUT2D eigenvalue weighted by Crippen LogP contribution is 2.28. The van der Waals surface area contributed by atoms with Crippen LogP contribution in [0.3, 0.4) is 0 Å². The van der Waals surface area contributed by atoms with E-state index in [-0.39, 0.29) is 5.91 Å². The van der Waals surface area contributed by atoms with Gasteiger partial charge in [0.2, 0.25) is 5.91 Å². The van der Waals surface area contributed by atoms with E-state index in [0.717, 1.165) is 44.4 Å². The maximum atomic E-state index is 11.2. The fourth-order valence-corrected chi connectivity index (χ4v) is 3.46. The van der Waals surface area contributed by atoms with E-state index in [2.05, 4.69) is 10.3 Å². The Hall–Kier alpha value is -2.60.